The monoisotopic (exact) mass is 198 g/mol. The van der Waals surface area contributed by atoms with E-state index in [9.17, 15) is 0 Å². The summed E-state index contributed by atoms with van der Waals surface area (Å²) in [5.74, 6) is 0. The molecule has 0 unspecified atom stereocenters. The lowest BCUT2D eigenvalue weighted by atomic mass is 10.3. The predicted molar refractivity (Wildman–Crippen MR) is 54.8 cm³/mol. The van der Waals surface area contributed by atoms with Crippen molar-refractivity contribution in [2.24, 2.45) is 0 Å². The maximum Gasteiger partial charge on any atom is 0.0916 e. The van der Waals surface area contributed by atoms with Gasteiger partial charge in [-0.1, -0.05) is 0 Å². The molecule has 0 saturated heterocycles. The number of nitrogens with zero attached hydrogens (tertiary/aromatic N) is 1. The van der Waals surface area contributed by atoms with Gasteiger partial charge in [0.2, 0.25) is 0 Å². The van der Waals surface area contributed by atoms with E-state index < -0.39 is 0 Å². The second-order valence-corrected chi connectivity index (χ2v) is 3.01. The third-order valence-electron chi connectivity index (χ3n) is 1.94. The zero-order valence-electron chi connectivity index (χ0n) is 8.82. The van der Waals surface area contributed by atoms with Gasteiger partial charge in [-0.3, -0.25) is 4.84 Å². The molecule has 0 aliphatic rings. The van der Waals surface area contributed by atoms with E-state index in [1.54, 1.807) is 7.11 Å². The molecule has 80 valence electrons. The number of aryl methyl sites for hydroxylation is 1. The number of ether oxygens (including phenoxy) is 1. The lowest BCUT2D eigenvalue weighted by Crippen LogP contribution is -2.16. The van der Waals surface area contributed by atoms with E-state index in [2.05, 4.69) is 35.4 Å². The minimum Gasteiger partial charge on any atom is -0.382 e. The molecule has 0 spiro atoms. The van der Waals surface area contributed by atoms with Crippen LogP contribution in [0.2, 0.25) is 0 Å². The molecule has 0 saturated carbocycles. The second kappa shape index (κ2) is 6.59. The number of hydroxylamine groups is 1. The lowest BCUT2D eigenvalue weighted by molar-refractivity contribution is 0.00346. The highest BCUT2D eigenvalue weighted by Gasteiger charge is 1.94. The van der Waals surface area contributed by atoms with Crippen LogP contribution in [0.15, 0.2) is 18.5 Å². The fourth-order valence-corrected chi connectivity index (χ4v) is 1.12. The molecule has 0 aliphatic carbocycles. The summed E-state index contributed by atoms with van der Waals surface area (Å²) < 4.78 is 6.98. The summed E-state index contributed by atoms with van der Waals surface area (Å²) in [5, 5.41) is 0. The Morgan fingerprint density at radius 2 is 2.29 bits per heavy atom. The third kappa shape index (κ3) is 3.91. The molecule has 1 aromatic rings. The number of methoxy groups -OCH3 is 1. The Kier molecular flexibility index (Phi) is 5.29. The fraction of sp³-hybridized carbons (Fsp3) is 0.600. The van der Waals surface area contributed by atoms with Gasteiger partial charge in [0.25, 0.3) is 0 Å². The van der Waals surface area contributed by atoms with Crippen LogP contribution in [0.25, 0.3) is 0 Å². The Morgan fingerprint density at radius 3 is 2.93 bits per heavy atom. The van der Waals surface area contributed by atoms with Crippen LogP contribution in [0.1, 0.15) is 12.5 Å². The van der Waals surface area contributed by atoms with Crippen LogP contribution < -0.4 is 5.48 Å². The first-order chi connectivity index (χ1) is 6.86. The predicted octanol–water partition coefficient (Wildman–Crippen LogP) is 1.18. The molecule has 1 rings (SSSR count). The standard InChI is InChI=1S/C10H18N2O2/c1-3-12-5-4-10(9-12)8-11-14-7-6-13-2/h4-5,9,11H,3,6-8H2,1-2H3. The van der Waals surface area contributed by atoms with Crippen LogP contribution in [0.4, 0.5) is 0 Å². The molecule has 0 fully saturated rings. The number of hydrogen-bond donors (Lipinski definition) is 1. The van der Waals surface area contributed by atoms with E-state index in [0.29, 0.717) is 13.2 Å². The van der Waals surface area contributed by atoms with Gasteiger partial charge in [0, 0.05) is 32.6 Å². The first-order valence-electron chi connectivity index (χ1n) is 4.85. The molecule has 0 aliphatic heterocycles. The summed E-state index contributed by atoms with van der Waals surface area (Å²) >= 11 is 0. The van der Waals surface area contributed by atoms with E-state index in [1.165, 1.54) is 5.56 Å². The molecule has 0 aromatic carbocycles. The van der Waals surface area contributed by atoms with Crippen LogP contribution in [0, 0.1) is 0 Å². The van der Waals surface area contributed by atoms with E-state index in [-0.39, 0.29) is 0 Å². The Hall–Kier alpha value is -0.840. The maximum absolute atomic E-state index is 5.14. The van der Waals surface area contributed by atoms with E-state index in [1.807, 2.05) is 0 Å². The summed E-state index contributed by atoms with van der Waals surface area (Å²) in [4.78, 5) is 5.14. The third-order valence-corrected chi connectivity index (χ3v) is 1.94. The number of rotatable bonds is 7. The summed E-state index contributed by atoms with van der Waals surface area (Å²) in [6, 6.07) is 2.08. The van der Waals surface area contributed by atoms with Gasteiger partial charge >= 0.3 is 0 Å². The van der Waals surface area contributed by atoms with Crippen LogP contribution in [0.3, 0.4) is 0 Å². The number of hydrogen-bond acceptors (Lipinski definition) is 3. The van der Waals surface area contributed by atoms with E-state index in [0.717, 1.165) is 13.1 Å². The Bertz CT molecular complexity index is 248. The van der Waals surface area contributed by atoms with Crippen LogP contribution in [0.5, 0.6) is 0 Å². The zero-order valence-corrected chi connectivity index (χ0v) is 8.82. The van der Waals surface area contributed by atoms with Crippen molar-refractivity contribution in [3.05, 3.63) is 24.0 Å². The SMILES string of the molecule is CCn1ccc(CNOCCOC)c1. The van der Waals surface area contributed by atoms with Crippen molar-refractivity contribution in [3.63, 3.8) is 0 Å². The molecule has 0 radical (unpaired) electrons. The molecular weight excluding hydrogens is 180 g/mol. The first-order valence-corrected chi connectivity index (χ1v) is 4.85. The van der Waals surface area contributed by atoms with Gasteiger partial charge in [0.05, 0.1) is 13.2 Å². The molecule has 0 bridgehead atoms. The Balaban J connectivity index is 2.12. The molecule has 0 atom stereocenters. The van der Waals surface area contributed by atoms with Gasteiger partial charge in [-0.25, -0.2) is 0 Å². The molecule has 1 heterocycles. The highest BCUT2D eigenvalue weighted by atomic mass is 16.7. The average Bonchev–Trinajstić information content (AvgIpc) is 2.65. The first kappa shape index (κ1) is 11.2. The van der Waals surface area contributed by atoms with Gasteiger partial charge in [0.15, 0.2) is 0 Å². The summed E-state index contributed by atoms with van der Waals surface area (Å²) in [6.45, 7) is 5.04. The Morgan fingerprint density at radius 1 is 1.43 bits per heavy atom. The minimum atomic E-state index is 0.574. The van der Waals surface area contributed by atoms with Crippen molar-refractivity contribution in [3.8, 4) is 0 Å². The van der Waals surface area contributed by atoms with E-state index in [4.69, 9.17) is 9.57 Å². The van der Waals surface area contributed by atoms with Crippen molar-refractivity contribution in [2.75, 3.05) is 20.3 Å². The highest BCUT2D eigenvalue weighted by Crippen LogP contribution is 2.00. The molecule has 1 aromatic heterocycles. The van der Waals surface area contributed by atoms with Crippen LogP contribution in [-0.4, -0.2) is 24.9 Å². The van der Waals surface area contributed by atoms with Crippen molar-refractivity contribution in [1.82, 2.24) is 10.0 Å². The quantitative estimate of drug-likeness (QED) is 0.528. The highest BCUT2D eigenvalue weighted by molar-refractivity contribution is 5.09. The summed E-state index contributed by atoms with van der Waals surface area (Å²) in [7, 11) is 1.66. The second-order valence-electron chi connectivity index (χ2n) is 3.01. The minimum absolute atomic E-state index is 0.574. The van der Waals surface area contributed by atoms with Crippen molar-refractivity contribution in [2.45, 2.75) is 20.0 Å². The summed E-state index contributed by atoms with van der Waals surface area (Å²) in [5.41, 5.74) is 4.11. The van der Waals surface area contributed by atoms with Crippen LogP contribution >= 0.6 is 0 Å². The molecule has 0 amide bonds. The van der Waals surface area contributed by atoms with Crippen molar-refractivity contribution >= 4 is 0 Å². The topological polar surface area (TPSA) is 35.4 Å². The molecule has 1 N–H and O–H groups in total. The number of nitrogens with one attached hydrogen (secondary N) is 1. The molecular formula is C10H18N2O2. The zero-order chi connectivity index (χ0) is 10.2. The molecule has 4 nitrogen and oxygen atoms in total. The molecule has 4 heteroatoms. The van der Waals surface area contributed by atoms with Crippen molar-refractivity contribution < 1.29 is 9.57 Å². The fourth-order valence-electron chi connectivity index (χ4n) is 1.12. The van der Waals surface area contributed by atoms with Gasteiger partial charge in [0.1, 0.15) is 0 Å². The normalized spacial score (nSPS) is 10.7. The van der Waals surface area contributed by atoms with Gasteiger partial charge in [-0.2, -0.15) is 5.48 Å². The largest absolute Gasteiger partial charge is 0.382 e. The van der Waals surface area contributed by atoms with Crippen LogP contribution in [-0.2, 0) is 22.7 Å². The number of aromatic nitrogens is 1. The molecule has 14 heavy (non-hydrogen) atoms. The van der Waals surface area contributed by atoms with E-state index >= 15 is 0 Å². The Labute approximate surface area is 84.8 Å². The van der Waals surface area contributed by atoms with Gasteiger partial charge in [-0.15, -0.1) is 0 Å². The average molecular weight is 198 g/mol. The van der Waals surface area contributed by atoms with Crippen molar-refractivity contribution in [1.29, 1.82) is 0 Å². The van der Waals surface area contributed by atoms with Gasteiger partial charge < -0.3 is 9.30 Å². The smallest absolute Gasteiger partial charge is 0.0916 e. The van der Waals surface area contributed by atoms with Gasteiger partial charge in [-0.05, 0) is 18.6 Å². The summed E-state index contributed by atoms with van der Waals surface area (Å²) in [6.07, 6.45) is 4.17. The maximum atomic E-state index is 5.14. The lowest BCUT2D eigenvalue weighted by Gasteiger charge is -2.03.